The van der Waals surface area contributed by atoms with E-state index in [-0.39, 0.29) is 23.9 Å². The number of benzene rings is 1. The quantitative estimate of drug-likeness (QED) is 0.734. The van der Waals surface area contributed by atoms with E-state index < -0.39 is 37.0 Å². The van der Waals surface area contributed by atoms with E-state index in [0.717, 1.165) is 16.8 Å². The van der Waals surface area contributed by atoms with Crippen LogP contribution in [0.1, 0.15) is 31.3 Å². The Balaban J connectivity index is 2.46. The maximum atomic E-state index is 13.2. The van der Waals surface area contributed by atoms with Crippen molar-refractivity contribution in [3.05, 3.63) is 56.6 Å². The van der Waals surface area contributed by atoms with Gasteiger partial charge in [0, 0.05) is 0 Å². The zero-order chi connectivity index (χ0) is 21.3. The summed E-state index contributed by atoms with van der Waals surface area (Å²) in [5, 5.41) is 12.9. The third kappa shape index (κ3) is 4.45. The number of carbonyl (C=O) groups is 1. The second-order valence-electron chi connectivity index (χ2n) is 7.89. The van der Waals surface area contributed by atoms with Gasteiger partial charge in [-0.05, 0) is 42.4 Å². The summed E-state index contributed by atoms with van der Waals surface area (Å²) < 4.78 is 20.7. The van der Waals surface area contributed by atoms with E-state index in [1.165, 1.54) is 12.1 Å². The predicted octanol–water partition coefficient (Wildman–Crippen LogP) is 2.25. The van der Waals surface area contributed by atoms with Crippen LogP contribution in [0.4, 0.5) is 4.39 Å². The fourth-order valence-corrected chi connectivity index (χ4v) is 3.25. The molecule has 2 rings (SSSR count). The zero-order valence-electron chi connectivity index (χ0n) is 16.5. The fourth-order valence-electron chi connectivity index (χ4n) is 2.22. The molecule has 10 heteroatoms. The molecule has 0 aliphatic rings. The van der Waals surface area contributed by atoms with Gasteiger partial charge in [0.05, 0.1) is 18.8 Å². The molecule has 1 aromatic carbocycles. The Morgan fingerprint density at radius 2 is 1.79 bits per heavy atom. The summed E-state index contributed by atoms with van der Waals surface area (Å²) >= 11 is 0. The van der Waals surface area contributed by atoms with Gasteiger partial charge in [-0.2, -0.15) is 5.10 Å². The van der Waals surface area contributed by atoms with Crippen LogP contribution in [-0.4, -0.2) is 40.3 Å². The van der Waals surface area contributed by atoms with Crippen molar-refractivity contribution in [2.75, 3.05) is 6.61 Å². The number of hydrogen-bond donors (Lipinski definition) is 1. The van der Waals surface area contributed by atoms with Gasteiger partial charge in [0.2, 0.25) is 5.69 Å². The maximum absolute atomic E-state index is 13.2. The molecule has 0 atom stereocenters. The molecular formula is C18H24FN3O5Si. The molecule has 0 amide bonds. The van der Waals surface area contributed by atoms with E-state index in [2.05, 4.69) is 25.9 Å². The monoisotopic (exact) mass is 409 g/mol. The molecule has 0 spiro atoms. The molecular weight excluding hydrogens is 385 g/mol. The molecule has 0 saturated heterocycles. The van der Waals surface area contributed by atoms with Crippen molar-refractivity contribution in [2.45, 2.75) is 45.4 Å². The van der Waals surface area contributed by atoms with Gasteiger partial charge in [-0.25, -0.2) is 23.2 Å². The van der Waals surface area contributed by atoms with Crippen LogP contribution >= 0.6 is 0 Å². The minimum atomic E-state index is -2.08. The number of carboxylic acid groups (broad SMARTS) is 1. The Kier molecular flexibility index (Phi) is 6.05. The van der Waals surface area contributed by atoms with E-state index in [1.807, 2.05) is 13.1 Å². The zero-order valence-corrected chi connectivity index (χ0v) is 17.5. The molecule has 152 valence electrons. The van der Waals surface area contributed by atoms with Crippen molar-refractivity contribution in [2.24, 2.45) is 0 Å². The molecule has 0 aliphatic heterocycles. The summed E-state index contributed by atoms with van der Waals surface area (Å²) in [4.78, 5) is 36.6. The van der Waals surface area contributed by atoms with Crippen LogP contribution in [0.3, 0.4) is 0 Å². The first-order valence-electron chi connectivity index (χ1n) is 8.72. The number of nitrogens with zero attached hydrogens (tertiary/aromatic N) is 3. The normalized spacial score (nSPS) is 12.2. The minimum absolute atomic E-state index is 0.0207. The van der Waals surface area contributed by atoms with Crippen LogP contribution in [-0.2, 0) is 11.0 Å². The second kappa shape index (κ2) is 7.80. The Labute approximate surface area is 162 Å². The van der Waals surface area contributed by atoms with Gasteiger partial charge >= 0.3 is 11.7 Å². The van der Waals surface area contributed by atoms with Crippen LogP contribution < -0.4 is 11.2 Å². The van der Waals surface area contributed by atoms with Crippen molar-refractivity contribution in [1.29, 1.82) is 0 Å². The largest absolute Gasteiger partial charge is 0.476 e. The molecule has 0 bridgehead atoms. The highest BCUT2D eigenvalue weighted by atomic mass is 28.4. The Morgan fingerprint density at radius 1 is 1.21 bits per heavy atom. The van der Waals surface area contributed by atoms with Crippen molar-refractivity contribution < 1.29 is 18.7 Å². The van der Waals surface area contributed by atoms with Crippen LogP contribution in [0, 0.1) is 5.82 Å². The molecule has 2 aromatic rings. The van der Waals surface area contributed by atoms with Gasteiger partial charge in [0.15, 0.2) is 8.32 Å². The van der Waals surface area contributed by atoms with Gasteiger partial charge in [0.25, 0.3) is 5.56 Å². The minimum Gasteiger partial charge on any atom is -0.476 e. The number of halogens is 1. The molecule has 28 heavy (non-hydrogen) atoms. The smallest absolute Gasteiger partial charge is 0.362 e. The number of carboxylic acids is 1. The van der Waals surface area contributed by atoms with Crippen molar-refractivity contribution >= 4 is 14.3 Å². The molecule has 0 fully saturated rings. The summed E-state index contributed by atoms with van der Waals surface area (Å²) in [5.41, 5.74) is -2.64. The average molecular weight is 409 g/mol. The lowest BCUT2D eigenvalue weighted by Crippen LogP contribution is -2.45. The Bertz CT molecular complexity index is 990. The van der Waals surface area contributed by atoms with Gasteiger partial charge < -0.3 is 9.53 Å². The molecule has 0 unspecified atom stereocenters. The first-order valence-corrected chi connectivity index (χ1v) is 11.6. The number of hydrogen-bond acceptors (Lipinski definition) is 5. The van der Waals surface area contributed by atoms with Crippen LogP contribution in [0.15, 0.2) is 33.9 Å². The van der Waals surface area contributed by atoms with Crippen molar-refractivity contribution in [1.82, 2.24) is 14.3 Å². The van der Waals surface area contributed by atoms with Gasteiger partial charge in [-0.3, -0.25) is 4.79 Å². The van der Waals surface area contributed by atoms with Crippen LogP contribution in [0.25, 0.3) is 5.69 Å². The van der Waals surface area contributed by atoms with E-state index in [9.17, 15) is 23.9 Å². The van der Waals surface area contributed by atoms with E-state index in [4.69, 9.17) is 4.43 Å². The SMILES string of the molecule is CC(C)(C)[Si](C)(C)OCCn1nc(C(=O)O)c(=O)n(-c2ccc(F)cc2)c1=O. The summed E-state index contributed by atoms with van der Waals surface area (Å²) in [5.74, 6) is -2.10. The van der Waals surface area contributed by atoms with Crippen LogP contribution in [0.5, 0.6) is 0 Å². The maximum Gasteiger partial charge on any atom is 0.362 e. The van der Waals surface area contributed by atoms with E-state index in [0.29, 0.717) is 4.57 Å². The lowest BCUT2D eigenvalue weighted by Gasteiger charge is -2.36. The molecule has 0 aliphatic carbocycles. The lowest BCUT2D eigenvalue weighted by molar-refractivity contribution is 0.0683. The van der Waals surface area contributed by atoms with Gasteiger partial charge in [0.1, 0.15) is 5.82 Å². The topological polar surface area (TPSA) is 103 Å². The number of aromatic carboxylic acids is 1. The molecule has 1 heterocycles. The lowest BCUT2D eigenvalue weighted by atomic mass is 10.2. The van der Waals surface area contributed by atoms with E-state index in [1.54, 1.807) is 0 Å². The molecule has 1 aromatic heterocycles. The summed E-state index contributed by atoms with van der Waals surface area (Å²) in [6, 6.07) is 4.60. The molecule has 0 radical (unpaired) electrons. The average Bonchev–Trinajstić information content (AvgIpc) is 2.57. The molecule has 1 N–H and O–H groups in total. The van der Waals surface area contributed by atoms with Crippen molar-refractivity contribution in [3.8, 4) is 5.69 Å². The summed E-state index contributed by atoms with van der Waals surface area (Å²) in [7, 11) is -2.08. The van der Waals surface area contributed by atoms with Gasteiger partial charge in [-0.15, -0.1) is 0 Å². The third-order valence-electron chi connectivity index (χ3n) is 4.90. The first kappa shape index (κ1) is 21.7. The molecule has 0 saturated carbocycles. The van der Waals surface area contributed by atoms with E-state index >= 15 is 0 Å². The Morgan fingerprint density at radius 3 is 2.29 bits per heavy atom. The van der Waals surface area contributed by atoms with Crippen molar-refractivity contribution in [3.63, 3.8) is 0 Å². The Hall–Kier alpha value is -2.59. The molecule has 8 nitrogen and oxygen atoms in total. The standard InChI is InChI=1S/C18H24FN3O5Si/c1-18(2,3)28(4,5)27-11-10-21-17(26)22(13-8-6-12(19)7-9-13)15(23)14(20-21)16(24)25/h6-9H,10-11H2,1-5H3,(H,24,25). The predicted molar refractivity (Wildman–Crippen MR) is 104 cm³/mol. The first-order chi connectivity index (χ1) is 12.8. The second-order valence-corrected chi connectivity index (χ2v) is 12.7. The number of aromatic nitrogens is 3. The highest BCUT2D eigenvalue weighted by Gasteiger charge is 2.37. The summed E-state index contributed by atoms with van der Waals surface area (Å²) in [6.07, 6.45) is 0. The fraction of sp³-hybridized carbons (Fsp3) is 0.444. The van der Waals surface area contributed by atoms with Gasteiger partial charge in [-0.1, -0.05) is 20.8 Å². The highest BCUT2D eigenvalue weighted by molar-refractivity contribution is 6.74. The highest BCUT2D eigenvalue weighted by Crippen LogP contribution is 2.36. The third-order valence-corrected chi connectivity index (χ3v) is 9.44. The summed E-state index contributed by atoms with van der Waals surface area (Å²) in [6.45, 7) is 10.4. The number of rotatable bonds is 6. The van der Waals surface area contributed by atoms with Crippen LogP contribution in [0.2, 0.25) is 18.1 Å².